The number of carbonyl (C=O) groups is 2. The van der Waals surface area contributed by atoms with E-state index in [1.807, 2.05) is 24.3 Å². The Bertz CT molecular complexity index is 1040. The molecule has 0 spiro atoms. The lowest BCUT2D eigenvalue weighted by molar-refractivity contribution is -0.124. The second-order valence-corrected chi connectivity index (χ2v) is 6.12. The van der Waals surface area contributed by atoms with Crippen LogP contribution in [0.4, 0.5) is 11.6 Å². The molecule has 2 N–H and O–H groups in total. The summed E-state index contributed by atoms with van der Waals surface area (Å²) >= 11 is 0. The molecule has 3 aromatic rings. The number of fused-ring (bicyclic) bond motifs is 3. The van der Waals surface area contributed by atoms with Crippen LogP contribution in [0.15, 0.2) is 42.5 Å². The van der Waals surface area contributed by atoms with E-state index in [9.17, 15) is 9.59 Å². The number of rotatable bonds is 4. The molecule has 8 heteroatoms. The number of benzene rings is 2. The van der Waals surface area contributed by atoms with Gasteiger partial charge in [0.25, 0.3) is 0 Å². The molecule has 8 nitrogen and oxygen atoms in total. The molecular formula is C19H18N4O4. The largest absolute Gasteiger partial charge is 0.497 e. The quantitative estimate of drug-likeness (QED) is 0.740. The van der Waals surface area contributed by atoms with Gasteiger partial charge in [0.05, 0.1) is 37.4 Å². The third-order valence-electron chi connectivity index (χ3n) is 4.50. The number of para-hydroxylation sites is 2. The average molecular weight is 366 g/mol. The summed E-state index contributed by atoms with van der Waals surface area (Å²) in [6.07, 6.45) is 0.0193. The van der Waals surface area contributed by atoms with Gasteiger partial charge in [-0.05, 0) is 24.3 Å². The van der Waals surface area contributed by atoms with E-state index in [1.54, 1.807) is 29.9 Å². The molecule has 1 aromatic heterocycles. The molecule has 0 saturated carbocycles. The van der Waals surface area contributed by atoms with Crippen LogP contribution >= 0.6 is 0 Å². The van der Waals surface area contributed by atoms with Crippen LogP contribution in [0.3, 0.4) is 0 Å². The molecule has 1 atom stereocenters. The maximum Gasteiger partial charge on any atom is 0.248 e. The Morgan fingerprint density at radius 3 is 2.81 bits per heavy atom. The molecule has 4 rings (SSSR count). The first-order valence-electron chi connectivity index (χ1n) is 8.40. The Kier molecular flexibility index (Phi) is 4.15. The van der Waals surface area contributed by atoms with Crippen LogP contribution in [0.5, 0.6) is 11.5 Å². The molecule has 0 saturated heterocycles. The maximum atomic E-state index is 13.0. The maximum absolute atomic E-state index is 13.0. The third kappa shape index (κ3) is 2.95. The fraction of sp³-hybridized carbons (Fsp3) is 0.211. The summed E-state index contributed by atoms with van der Waals surface area (Å²) in [5.41, 5.74) is 1.97. The van der Waals surface area contributed by atoms with Crippen molar-refractivity contribution in [2.75, 3.05) is 24.9 Å². The van der Waals surface area contributed by atoms with Crippen LogP contribution in [-0.4, -0.2) is 35.6 Å². The van der Waals surface area contributed by atoms with Crippen molar-refractivity contribution >= 4 is 34.5 Å². The number of carbonyl (C=O) groups excluding carboxylic acids is 2. The highest BCUT2D eigenvalue weighted by atomic mass is 16.5. The van der Waals surface area contributed by atoms with E-state index in [-0.39, 0.29) is 18.2 Å². The lowest BCUT2D eigenvalue weighted by Crippen LogP contribution is -2.35. The topological polar surface area (TPSA) is 94.5 Å². The highest BCUT2D eigenvalue weighted by Crippen LogP contribution is 2.33. The number of methoxy groups -OCH3 is 2. The monoisotopic (exact) mass is 366 g/mol. The number of nitrogens with one attached hydrogen (secondary N) is 2. The van der Waals surface area contributed by atoms with E-state index in [1.165, 1.54) is 7.11 Å². The van der Waals surface area contributed by atoms with Crippen LogP contribution < -0.4 is 20.1 Å². The molecule has 1 unspecified atom stereocenters. The van der Waals surface area contributed by atoms with Crippen molar-refractivity contribution in [1.29, 1.82) is 0 Å². The van der Waals surface area contributed by atoms with Gasteiger partial charge in [-0.15, -0.1) is 0 Å². The lowest BCUT2D eigenvalue weighted by atomic mass is 10.1. The van der Waals surface area contributed by atoms with Crippen LogP contribution in [0.1, 0.15) is 12.5 Å². The number of aromatic nitrogens is 2. The molecular weight excluding hydrogens is 348 g/mol. The van der Waals surface area contributed by atoms with Gasteiger partial charge in [-0.2, -0.15) is 0 Å². The third-order valence-corrected chi connectivity index (χ3v) is 4.50. The van der Waals surface area contributed by atoms with Crippen molar-refractivity contribution in [3.63, 3.8) is 0 Å². The van der Waals surface area contributed by atoms with Crippen LogP contribution in [0.25, 0.3) is 11.0 Å². The van der Waals surface area contributed by atoms with Gasteiger partial charge in [-0.1, -0.05) is 12.1 Å². The zero-order valence-electron chi connectivity index (χ0n) is 14.9. The summed E-state index contributed by atoms with van der Waals surface area (Å²) in [7, 11) is 3.07. The summed E-state index contributed by atoms with van der Waals surface area (Å²) in [6, 6.07) is 11.8. The van der Waals surface area contributed by atoms with Crippen molar-refractivity contribution in [3.8, 4) is 11.5 Å². The number of hydrogen-bond donors (Lipinski definition) is 2. The van der Waals surface area contributed by atoms with Gasteiger partial charge in [-0.3, -0.25) is 19.5 Å². The average Bonchev–Trinajstić information content (AvgIpc) is 3.05. The first-order valence-corrected chi connectivity index (χ1v) is 8.40. The number of nitrogens with zero attached hydrogens (tertiary/aromatic N) is 2. The standard InChI is InChI=1S/C19H18N4O4/c1-26-11-7-8-16(27-2)13(9-11)20-18(25)15-10-17(24)22-19-21-12-5-3-4-6-14(12)23(15)19/h3-9,15H,10H2,1-2H3,(H,20,25)(H,21,22,24). The molecule has 2 heterocycles. The minimum atomic E-state index is -0.725. The van der Waals surface area contributed by atoms with Crippen molar-refractivity contribution in [1.82, 2.24) is 9.55 Å². The Morgan fingerprint density at radius 1 is 1.22 bits per heavy atom. The predicted molar refractivity (Wildman–Crippen MR) is 100 cm³/mol. The molecule has 1 aliphatic rings. The summed E-state index contributed by atoms with van der Waals surface area (Å²) in [5.74, 6) is 0.864. The van der Waals surface area contributed by atoms with Crippen LogP contribution in [-0.2, 0) is 9.59 Å². The van der Waals surface area contributed by atoms with Crippen molar-refractivity contribution < 1.29 is 19.1 Å². The number of imidazole rings is 1. The highest BCUT2D eigenvalue weighted by molar-refractivity contribution is 6.03. The van der Waals surface area contributed by atoms with Gasteiger partial charge in [0, 0.05) is 6.07 Å². The van der Waals surface area contributed by atoms with Gasteiger partial charge in [0.15, 0.2) is 0 Å². The first-order chi connectivity index (χ1) is 13.1. The number of amides is 2. The predicted octanol–water partition coefficient (Wildman–Crippen LogP) is 2.58. The minimum Gasteiger partial charge on any atom is -0.497 e. The number of anilines is 2. The molecule has 0 aliphatic carbocycles. The molecule has 27 heavy (non-hydrogen) atoms. The fourth-order valence-electron chi connectivity index (χ4n) is 3.23. The molecule has 0 bridgehead atoms. The van der Waals surface area contributed by atoms with Gasteiger partial charge in [0.1, 0.15) is 17.5 Å². The van der Waals surface area contributed by atoms with Crippen LogP contribution in [0.2, 0.25) is 0 Å². The molecule has 2 aromatic carbocycles. The van der Waals surface area contributed by atoms with Gasteiger partial charge in [0.2, 0.25) is 17.8 Å². The summed E-state index contributed by atoms with van der Waals surface area (Å²) < 4.78 is 12.3. The number of ether oxygens (including phenoxy) is 2. The Balaban J connectivity index is 1.72. The van der Waals surface area contributed by atoms with E-state index < -0.39 is 6.04 Å². The summed E-state index contributed by atoms with van der Waals surface area (Å²) in [6.45, 7) is 0. The molecule has 2 amide bonds. The zero-order chi connectivity index (χ0) is 19.0. The summed E-state index contributed by atoms with van der Waals surface area (Å²) in [4.78, 5) is 29.6. The highest BCUT2D eigenvalue weighted by Gasteiger charge is 2.33. The van der Waals surface area contributed by atoms with Crippen LogP contribution in [0, 0.1) is 0 Å². The second-order valence-electron chi connectivity index (χ2n) is 6.12. The van der Waals surface area contributed by atoms with Crippen molar-refractivity contribution in [3.05, 3.63) is 42.5 Å². The Labute approximate surface area is 155 Å². The molecule has 138 valence electrons. The first kappa shape index (κ1) is 16.9. The lowest BCUT2D eigenvalue weighted by Gasteiger charge is -2.25. The van der Waals surface area contributed by atoms with Gasteiger partial charge < -0.3 is 14.8 Å². The van der Waals surface area contributed by atoms with Gasteiger partial charge in [-0.25, -0.2) is 4.98 Å². The van der Waals surface area contributed by atoms with E-state index in [0.717, 1.165) is 5.52 Å². The van der Waals surface area contributed by atoms with E-state index in [0.29, 0.717) is 28.7 Å². The smallest absolute Gasteiger partial charge is 0.248 e. The number of hydrogen-bond acceptors (Lipinski definition) is 5. The zero-order valence-corrected chi connectivity index (χ0v) is 14.9. The van der Waals surface area contributed by atoms with E-state index in [4.69, 9.17) is 9.47 Å². The molecule has 0 radical (unpaired) electrons. The molecule has 0 fully saturated rings. The normalized spacial score (nSPS) is 15.8. The van der Waals surface area contributed by atoms with Crippen molar-refractivity contribution in [2.24, 2.45) is 0 Å². The Hall–Kier alpha value is -3.55. The molecule has 1 aliphatic heterocycles. The second kappa shape index (κ2) is 6.64. The fourth-order valence-corrected chi connectivity index (χ4v) is 3.23. The van der Waals surface area contributed by atoms with Crippen molar-refractivity contribution in [2.45, 2.75) is 12.5 Å². The Morgan fingerprint density at radius 2 is 2.04 bits per heavy atom. The van der Waals surface area contributed by atoms with E-state index >= 15 is 0 Å². The van der Waals surface area contributed by atoms with Gasteiger partial charge >= 0.3 is 0 Å². The van der Waals surface area contributed by atoms with E-state index in [2.05, 4.69) is 15.6 Å². The SMILES string of the molecule is COc1ccc(OC)c(NC(=O)C2CC(=O)Nc3nc4ccccc4n32)c1. The minimum absolute atomic E-state index is 0.0193. The summed E-state index contributed by atoms with van der Waals surface area (Å²) in [5, 5.41) is 5.58.